The highest BCUT2D eigenvalue weighted by molar-refractivity contribution is 6.10. The molecule has 0 aromatic heterocycles. The average molecular weight is 400 g/mol. The molecular formula is C21H18F2N2O4. The zero-order valence-corrected chi connectivity index (χ0v) is 15.7. The quantitative estimate of drug-likeness (QED) is 0.799. The van der Waals surface area contributed by atoms with Gasteiger partial charge in [0.1, 0.15) is 0 Å². The van der Waals surface area contributed by atoms with Crippen LogP contribution in [0.4, 0.5) is 20.2 Å². The van der Waals surface area contributed by atoms with Crippen LogP contribution in [0.2, 0.25) is 0 Å². The zero-order chi connectivity index (χ0) is 21.1. The second-order valence-corrected chi connectivity index (χ2v) is 6.43. The molecule has 2 aromatic carbocycles. The van der Waals surface area contributed by atoms with Gasteiger partial charge in [-0.15, -0.1) is 0 Å². The summed E-state index contributed by atoms with van der Waals surface area (Å²) in [6.07, 6.45) is -0.286. The summed E-state index contributed by atoms with van der Waals surface area (Å²) in [6, 6.07) is 11.6. The molecule has 0 bridgehead atoms. The first-order valence-corrected chi connectivity index (χ1v) is 8.76. The van der Waals surface area contributed by atoms with Crippen molar-refractivity contribution < 1.29 is 27.9 Å². The summed E-state index contributed by atoms with van der Waals surface area (Å²) in [5, 5.41) is 2.43. The van der Waals surface area contributed by atoms with Crippen LogP contribution in [0.25, 0.3) is 0 Å². The van der Waals surface area contributed by atoms with Gasteiger partial charge in [0.05, 0.1) is 18.6 Å². The third-order valence-electron chi connectivity index (χ3n) is 4.63. The molecule has 1 aliphatic rings. The standard InChI is InChI=1S/C21H18F2N2O4/c1-12-19(21(28)29-2)15(11-18(26)25(12)14-6-4-3-5-7-14)20(27)24-13-8-9-16(22)17(23)10-13/h3-10,15H,11H2,1-2H3,(H,24,27). The lowest BCUT2D eigenvalue weighted by Crippen LogP contribution is -2.43. The van der Waals surface area contributed by atoms with Crippen LogP contribution in [0.3, 0.4) is 0 Å². The second kappa shape index (κ2) is 8.22. The number of para-hydroxylation sites is 1. The molecule has 0 radical (unpaired) electrons. The van der Waals surface area contributed by atoms with E-state index in [1.165, 1.54) is 18.1 Å². The highest BCUT2D eigenvalue weighted by atomic mass is 19.2. The van der Waals surface area contributed by atoms with Gasteiger partial charge in [0.25, 0.3) is 0 Å². The third kappa shape index (κ3) is 4.01. The van der Waals surface area contributed by atoms with Gasteiger partial charge in [-0.1, -0.05) is 18.2 Å². The number of hydrogen-bond donors (Lipinski definition) is 1. The lowest BCUT2D eigenvalue weighted by Gasteiger charge is -2.33. The van der Waals surface area contributed by atoms with E-state index < -0.39 is 29.4 Å². The van der Waals surface area contributed by atoms with Gasteiger partial charge < -0.3 is 10.1 Å². The van der Waals surface area contributed by atoms with E-state index in [0.717, 1.165) is 12.1 Å². The van der Waals surface area contributed by atoms with Gasteiger partial charge in [-0.05, 0) is 31.2 Å². The number of amides is 2. The molecule has 0 aliphatic carbocycles. The van der Waals surface area contributed by atoms with Crippen LogP contribution in [-0.2, 0) is 19.1 Å². The van der Waals surface area contributed by atoms with E-state index in [2.05, 4.69) is 5.32 Å². The van der Waals surface area contributed by atoms with Crippen LogP contribution in [0.5, 0.6) is 0 Å². The number of benzene rings is 2. The molecule has 2 aromatic rings. The summed E-state index contributed by atoms with van der Waals surface area (Å²) in [6.45, 7) is 1.55. The van der Waals surface area contributed by atoms with Crippen molar-refractivity contribution in [1.82, 2.24) is 0 Å². The SMILES string of the molecule is COC(=O)C1=C(C)N(c2ccccc2)C(=O)CC1C(=O)Nc1ccc(F)c(F)c1. The number of ether oxygens (including phenoxy) is 1. The minimum atomic E-state index is -1.14. The van der Waals surface area contributed by atoms with Gasteiger partial charge in [-0.25, -0.2) is 13.6 Å². The van der Waals surface area contributed by atoms with Gasteiger partial charge in [0.2, 0.25) is 11.8 Å². The molecule has 0 saturated carbocycles. The Kier molecular flexibility index (Phi) is 5.72. The van der Waals surface area contributed by atoms with E-state index in [1.54, 1.807) is 37.3 Å². The molecular weight excluding hydrogens is 382 g/mol. The third-order valence-corrected chi connectivity index (χ3v) is 4.63. The molecule has 1 N–H and O–H groups in total. The van der Waals surface area contributed by atoms with Gasteiger partial charge in [-0.2, -0.15) is 0 Å². The number of allylic oxidation sites excluding steroid dienone is 1. The highest BCUT2D eigenvalue weighted by Gasteiger charge is 2.40. The number of nitrogens with zero attached hydrogens (tertiary/aromatic N) is 1. The van der Waals surface area contributed by atoms with Crippen molar-refractivity contribution in [1.29, 1.82) is 0 Å². The number of esters is 1. The summed E-state index contributed by atoms with van der Waals surface area (Å²) in [5.74, 6) is -5.15. The molecule has 6 nitrogen and oxygen atoms in total. The number of hydrogen-bond acceptors (Lipinski definition) is 4. The van der Waals surface area contributed by atoms with Crippen molar-refractivity contribution in [3.63, 3.8) is 0 Å². The summed E-state index contributed by atoms with van der Waals surface area (Å²) >= 11 is 0. The Hall–Kier alpha value is -3.55. The molecule has 0 saturated heterocycles. The maximum Gasteiger partial charge on any atom is 0.336 e. The number of carbonyl (C=O) groups is 3. The Labute approximate surface area is 165 Å². The van der Waals surface area contributed by atoms with Crippen LogP contribution in [-0.4, -0.2) is 24.9 Å². The Morgan fingerprint density at radius 3 is 2.41 bits per heavy atom. The Morgan fingerprint density at radius 1 is 1.10 bits per heavy atom. The molecule has 1 unspecified atom stereocenters. The van der Waals surface area contributed by atoms with Crippen LogP contribution < -0.4 is 10.2 Å². The monoisotopic (exact) mass is 400 g/mol. The number of nitrogens with one attached hydrogen (secondary N) is 1. The van der Waals surface area contributed by atoms with Crippen molar-refractivity contribution in [2.24, 2.45) is 5.92 Å². The van der Waals surface area contributed by atoms with Crippen molar-refractivity contribution in [3.8, 4) is 0 Å². The molecule has 150 valence electrons. The van der Waals surface area contributed by atoms with E-state index in [0.29, 0.717) is 5.69 Å². The number of halogens is 2. The predicted octanol–water partition coefficient (Wildman–Crippen LogP) is 3.40. The van der Waals surface area contributed by atoms with E-state index in [4.69, 9.17) is 4.74 Å². The Balaban J connectivity index is 1.98. The van der Waals surface area contributed by atoms with Crippen LogP contribution in [0, 0.1) is 17.6 Å². The predicted molar refractivity (Wildman–Crippen MR) is 102 cm³/mol. The summed E-state index contributed by atoms with van der Waals surface area (Å²) in [4.78, 5) is 39.3. The van der Waals surface area contributed by atoms with Crippen molar-refractivity contribution in [2.75, 3.05) is 17.3 Å². The fourth-order valence-corrected chi connectivity index (χ4v) is 3.27. The van der Waals surface area contributed by atoms with Crippen LogP contribution in [0.15, 0.2) is 59.8 Å². The molecule has 29 heavy (non-hydrogen) atoms. The first-order valence-electron chi connectivity index (χ1n) is 8.76. The number of methoxy groups -OCH3 is 1. The maximum absolute atomic E-state index is 13.4. The smallest absolute Gasteiger partial charge is 0.336 e. The van der Waals surface area contributed by atoms with Gasteiger partial charge in [-0.3, -0.25) is 14.5 Å². The van der Waals surface area contributed by atoms with Gasteiger partial charge in [0.15, 0.2) is 11.6 Å². The molecule has 1 heterocycles. The highest BCUT2D eigenvalue weighted by Crippen LogP contribution is 2.34. The zero-order valence-electron chi connectivity index (χ0n) is 15.7. The number of anilines is 2. The number of carbonyl (C=O) groups excluding carboxylic acids is 3. The second-order valence-electron chi connectivity index (χ2n) is 6.43. The minimum Gasteiger partial charge on any atom is -0.466 e. The molecule has 3 rings (SSSR count). The first kappa shape index (κ1) is 20.2. The van der Waals surface area contributed by atoms with Crippen molar-refractivity contribution in [3.05, 3.63) is 71.4 Å². The fourth-order valence-electron chi connectivity index (χ4n) is 3.27. The van der Waals surface area contributed by atoms with E-state index in [9.17, 15) is 23.2 Å². The Morgan fingerprint density at radius 2 is 1.79 bits per heavy atom. The van der Waals surface area contributed by atoms with E-state index in [-0.39, 0.29) is 29.3 Å². The Bertz CT molecular complexity index is 1000. The van der Waals surface area contributed by atoms with Crippen molar-refractivity contribution in [2.45, 2.75) is 13.3 Å². The van der Waals surface area contributed by atoms with E-state index in [1.807, 2.05) is 0 Å². The van der Waals surface area contributed by atoms with Crippen molar-refractivity contribution >= 4 is 29.2 Å². The number of rotatable bonds is 4. The summed E-state index contributed by atoms with van der Waals surface area (Å²) < 4.78 is 31.3. The summed E-state index contributed by atoms with van der Waals surface area (Å²) in [7, 11) is 1.18. The fraction of sp³-hybridized carbons (Fsp3) is 0.190. The summed E-state index contributed by atoms with van der Waals surface area (Å²) in [5.41, 5.74) is 0.852. The van der Waals surface area contributed by atoms with Crippen LogP contribution >= 0.6 is 0 Å². The normalized spacial score (nSPS) is 16.6. The average Bonchev–Trinajstić information content (AvgIpc) is 2.70. The minimum absolute atomic E-state index is 0.00806. The molecule has 0 spiro atoms. The molecule has 8 heteroatoms. The molecule has 1 aliphatic heterocycles. The molecule has 2 amide bonds. The van der Waals surface area contributed by atoms with Crippen LogP contribution in [0.1, 0.15) is 13.3 Å². The first-order chi connectivity index (χ1) is 13.8. The largest absolute Gasteiger partial charge is 0.466 e. The van der Waals surface area contributed by atoms with E-state index >= 15 is 0 Å². The maximum atomic E-state index is 13.4. The van der Waals surface area contributed by atoms with Gasteiger partial charge >= 0.3 is 5.97 Å². The van der Waals surface area contributed by atoms with Gasteiger partial charge in [0, 0.05) is 29.6 Å². The lowest BCUT2D eigenvalue weighted by molar-refractivity contribution is -0.138. The molecule has 1 atom stereocenters. The topological polar surface area (TPSA) is 75.7 Å². The molecule has 0 fully saturated rings. The lowest BCUT2D eigenvalue weighted by atomic mass is 9.88.